The monoisotopic (exact) mass is 284 g/mol. The molecule has 1 heterocycles. The van der Waals surface area contributed by atoms with E-state index in [2.05, 4.69) is 15.3 Å². The number of amides is 1. The van der Waals surface area contributed by atoms with Gasteiger partial charge in [0.1, 0.15) is 5.82 Å². The first-order valence-corrected chi connectivity index (χ1v) is 5.84. The molecular weight excluding hydrogens is 275 g/mol. The Balaban J connectivity index is 2.09. The second-order valence-electron chi connectivity index (χ2n) is 3.57. The first-order valence-electron chi connectivity index (χ1n) is 5.09. The van der Waals surface area contributed by atoms with E-state index in [-0.39, 0.29) is 21.6 Å². The molecule has 0 fully saturated rings. The van der Waals surface area contributed by atoms with E-state index in [1.807, 2.05) is 0 Å². The van der Waals surface area contributed by atoms with Crippen LogP contribution < -0.4 is 11.1 Å². The molecule has 0 saturated carbocycles. The number of nitrogens with zero attached hydrogens (tertiary/aromatic N) is 1. The molecule has 0 aliphatic carbocycles. The summed E-state index contributed by atoms with van der Waals surface area (Å²) < 4.78 is 0. The maximum atomic E-state index is 11.8. The average Bonchev–Trinajstić information content (AvgIpc) is 2.85. The Labute approximate surface area is 113 Å². The summed E-state index contributed by atoms with van der Waals surface area (Å²) in [6.45, 7) is 0.297. The van der Waals surface area contributed by atoms with E-state index in [0.29, 0.717) is 17.9 Å². The molecule has 0 radical (unpaired) electrons. The summed E-state index contributed by atoms with van der Waals surface area (Å²) in [7, 11) is 0. The van der Waals surface area contributed by atoms with Gasteiger partial charge in [0.25, 0.3) is 5.91 Å². The van der Waals surface area contributed by atoms with Crippen LogP contribution in [0.4, 0.5) is 5.69 Å². The SMILES string of the molecule is Nc1c(Cl)cc(C(=O)NCc2ncc[nH]2)cc1Cl. The van der Waals surface area contributed by atoms with Gasteiger partial charge in [0.05, 0.1) is 22.3 Å². The number of aromatic nitrogens is 2. The van der Waals surface area contributed by atoms with Crippen molar-refractivity contribution in [1.82, 2.24) is 15.3 Å². The number of rotatable bonds is 3. The van der Waals surface area contributed by atoms with Crippen LogP contribution in [0.1, 0.15) is 16.2 Å². The molecule has 2 rings (SSSR count). The Hall–Kier alpha value is -1.72. The summed E-state index contributed by atoms with van der Waals surface area (Å²) in [5.74, 6) is 0.367. The van der Waals surface area contributed by atoms with E-state index in [1.165, 1.54) is 12.1 Å². The van der Waals surface area contributed by atoms with Gasteiger partial charge in [-0.15, -0.1) is 0 Å². The highest BCUT2D eigenvalue weighted by molar-refractivity contribution is 6.39. The van der Waals surface area contributed by atoms with Crippen LogP contribution in [-0.2, 0) is 6.54 Å². The van der Waals surface area contributed by atoms with Crippen molar-refractivity contribution in [3.05, 3.63) is 46.0 Å². The molecule has 4 N–H and O–H groups in total. The fraction of sp³-hybridized carbons (Fsp3) is 0.0909. The Bertz CT molecular complexity index is 545. The number of hydrogen-bond acceptors (Lipinski definition) is 3. The molecule has 0 unspecified atom stereocenters. The van der Waals surface area contributed by atoms with Crippen LogP contribution >= 0.6 is 23.2 Å². The van der Waals surface area contributed by atoms with E-state index in [1.54, 1.807) is 12.4 Å². The number of halogens is 2. The number of nitrogen functional groups attached to an aromatic ring is 1. The maximum Gasteiger partial charge on any atom is 0.251 e. The zero-order valence-electron chi connectivity index (χ0n) is 9.21. The first-order chi connectivity index (χ1) is 8.58. The number of nitrogens with two attached hydrogens (primary N) is 1. The summed E-state index contributed by atoms with van der Waals surface area (Å²) in [5, 5.41) is 3.19. The largest absolute Gasteiger partial charge is 0.396 e. The van der Waals surface area contributed by atoms with Crippen molar-refractivity contribution >= 4 is 34.8 Å². The molecule has 7 heteroatoms. The highest BCUT2D eigenvalue weighted by Crippen LogP contribution is 2.28. The number of hydrogen-bond donors (Lipinski definition) is 3. The van der Waals surface area contributed by atoms with Crippen molar-refractivity contribution in [2.75, 3.05) is 5.73 Å². The lowest BCUT2D eigenvalue weighted by molar-refractivity contribution is 0.0950. The van der Waals surface area contributed by atoms with Crippen LogP contribution in [0.3, 0.4) is 0 Å². The van der Waals surface area contributed by atoms with Crippen LogP contribution in [0.2, 0.25) is 10.0 Å². The van der Waals surface area contributed by atoms with Crippen molar-refractivity contribution < 1.29 is 4.79 Å². The molecule has 1 aromatic carbocycles. The Morgan fingerprint density at radius 2 is 2.06 bits per heavy atom. The lowest BCUT2D eigenvalue weighted by Gasteiger charge is -2.07. The smallest absolute Gasteiger partial charge is 0.251 e. The van der Waals surface area contributed by atoms with E-state index in [9.17, 15) is 4.79 Å². The molecule has 0 aliphatic heterocycles. The minimum Gasteiger partial charge on any atom is -0.396 e. The van der Waals surface area contributed by atoms with Crippen LogP contribution in [0, 0.1) is 0 Å². The summed E-state index contributed by atoms with van der Waals surface area (Å²) in [5.41, 5.74) is 6.21. The van der Waals surface area contributed by atoms with Gasteiger partial charge in [-0.2, -0.15) is 0 Å². The van der Waals surface area contributed by atoms with E-state index >= 15 is 0 Å². The average molecular weight is 285 g/mol. The third kappa shape index (κ3) is 2.75. The molecule has 0 bridgehead atoms. The first kappa shape index (κ1) is 12.7. The van der Waals surface area contributed by atoms with Gasteiger partial charge in [-0.25, -0.2) is 4.98 Å². The van der Waals surface area contributed by atoms with Gasteiger partial charge < -0.3 is 16.0 Å². The minimum atomic E-state index is -0.296. The number of H-pyrrole nitrogens is 1. The summed E-state index contributed by atoms with van der Waals surface area (Å²) in [6.07, 6.45) is 3.29. The maximum absolute atomic E-state index is 11.8. The molecule has 5 nitrogen and oxygen atoms in total. The van der Waals surface area contributed by atoms with Gasteiger partial charge in [0.15, 0.2) is 0 Å². The molecule has 94 valence electrons. The highest BCUT2D eigenvalue weighted by Gasteiger charge is 2.11. The van der Waals surface area contributed by atoms with Crippen LogP contribution in [0.5, 0.6) is 0 Å². The molecular formula is C11H10Cl2N4O. The Morgan fingerprint density at radius 1 is 1.39 bits per heavy atom. The second kappa shape index (κ2) is 5.29. The Morgan fingerprint density at radius 3 is 2.61 bits per heavy atom. The molecule has 1 aromatic heterocycles. The van der Waals surface area contributed by atoms with E-state index < -0.39 is 0 Å². The number of carbonyl (C=O) groups excluding carboxylic acids is 1. The molecule has 0 atom stereocenters. The Kier molecular flexibility index (Phi) is 3.74. The van der Waals surface area contributed by atoms with Gasteiger partial charge >= 0.3 is 0 Å². The van der Waals surface area contributed by atoms with Crippen LogP contribution in [0.15, 0.2) is 24.5 Å². The fourth-order valence-electron chi connectivity index (χ4n) is 1.38. The fourth-order valence-corrected chi connectivity index (χ4v) is 1.86. The lowest BCUT2D eigenvalue weighted by Crippen LogP contribution is -2.23. The molecule has 1 amide bonds. The van der Waals surface area contributed by atoms with E-state index in [4.69, 9.17) is 28.9 Å². The van der Waals surface area contributed by atoms with Crippen molar-refractivity contribution in [3.63, 3.8) is 0 Å². The van der Waals surface area contributed by atoms with Crippen molar-refractivity contribution in [1.29, 1.82) is 0 Å². The van der Waals surface area contributed by atoms with Gasteiger partial charge in [-0.3, -0.25) is 4.79 Å². The van der Waals surface area contributed by atoms with E-state index in [0.717, 1.165) is 0 Å². The third-order valence-corrected chi connectivity index (χ3v) is 2.94. The van der Waals surface area contributed by atoms with Gasteiger partial charge in [-0.1, -0.05) is 23.2 Å². The second-order valence-corrected chi connectivity index (χ2v) is 4.39. The zero-order valence-corrected chi connectivity index (χ0v) is 10.7. The predicted molar refractivity (Wildman–Crippen MR) is 70.6 cm³/mol. The quantitative estimate of drug-likeness (QED) is 0.756. The number of aromatic amines is 1. The van der Waals surface area contributed by atoms with Crippen LogP contribution in [0.25, 0.3) is 0 Å². The third-order valence-electron chi connectivity index (χ3n) is 2.31. The molecule has 18 heavy (non-hydrogen) atoms. The van der Waals surface area contributed by atoms with Crippen molar-refractivity contribution in [2.45, 2.75) is 6.54 Å². The van der Waals surface area contributed by atoms with Crippen molar-refractivity contribution in [2.24, 2.45) is 0 Å². The minimum absolute atomic E-state index is 0.255. The number of anilines is 1. The topological polar surface area (TPSA) is 83.8 Å². The number of carbonyl (C=O) groups is 1. The number of nitrogens with one attached hydrogen (secondary N) is 2. The normalized spacial score (nSPS) is 10.3. The number of benzene rings is 1. The van der Waals surface area contributed by atoms with Crippen LogP contribution in [-0.4, -0.2) is 15.9 Å². The van der Waals surface area contributed by atoms with Gasteiger partial charge in [-0.05, 0) is 12.1 Å². The summed E-state index contributed by atoms with van der Waals surface area (Å²) in [4.78, 5) is 18.7. The summed E-state index contributed by atoms with van der Waals surface area (Å²) >= 11 is 11.7. The molecule has 0 aliphatic rings. The van der Waals surface area contributed by atoms with Gasteiger partial charge in [0.2, 0.25) is 0 Å². The number of imidazole rings is 1. The molecule has 0 saturated heterocycles. The van der Waals surface area contributed by atoms with Crippen molar-refractivity contribution in [3.8, 4) is 0 Å². The lowest BCUT2D eigenvalue weighted by atomic mass is 10.2. The molecule has 0 spiro atoms. The summed E-state index contributed by atoms with van der Waals surface area (Å²) in [6, 6.07) is 2.94. The predicted octanol–water partition coefficient (Wildman–Crippen LogP) is 2.23. The molecule has 2 aromatic rings. The highest BCUT2D eigenvalue weighted by atomic mass is 35.5. The zero-order chi connectivity index (χ0) is 13.1. The standard InChI is InChI=1S/C11H10Cl2N4O/c12-7-3-6(4-8(13)10(7)14)11(18)17-5-9-15-1-2-16-9/h1-4H,5,14H2,(H,15,16)(H,17,18). The van der Waals surface area contributed by atoms with Gasteiger partial charge in [0, 0.05) is 18.0 Å².